The van der Waals surface area contributed by atoms with Crippen LogP contribution in [0.4, 0.5) is 17.6 Å². The average molecular weight is 349 g/mol. The standard InChI is InChI=1S/C15H15F4NO2S/c1-23-8-22-9-5-10(16)15(11(17)6-9)12-3-2-4-14(21)20(12)7-13(18)19/h3,5-6,13H,2,4,7-8H2,1H3. The van der Waals surface area contributed by atoms with E-state index in [2.05, 4.69) is 0 Å². The number of halogens is 4. The molecule has 126 valence electrons. The summed E-state index contributed by atoms with van der Waals surface area (Å²) in [5, 5.41) is 0. The number of thioether (sulfide) groups is 1. The summed E-state index contributed by atoms with van der Waals surface area (Å²) in [5.74, 6) is -2.27. The predicted molar refractivity (Wildman–Crippen MR) is 80.3 cm³/mol. The number of benzene rings is 1. The molecule has 0 spiro atoms. The van der Waals surface area contributed by atoms with Crippen molar-refractivity contribution in [2.24, 2.45) is 0 Å². The first kappa shape index (κ1) is 17.7. The quantitative estimate of drug-likeness (QED) is 0.576. The third-order valence-corrected chi connectivity index (χ3v) is 3.58. The van der Waals surface area contributed by atoms with E-state index in [9.17, 15) is 22.4 Å². The van der Waals surface area contributed by atoms with Crippen LogP contribution in [0.15, 0.2) is 18.2 Å². The smallest absolute Gasteiger partial charge is 0.256 e. The first-order chi connectivity index (χ1) is 10.9. The summed E-state index contributed by atoms with van der Waals surface area (Å²) in [5.41, 5.74) is -0.650. The fourth-order valence-electron chi connectivity index (χ4n) is 2.29. The molecule has 3 nitrogen and oxygen atoms in total. The highest BCUT2D eigenvalue weighted by atomic mass is 32.2. The van der Waals surface area contributed by atoms with E-state index in [0.29, 0.717) is 0 Å². The average Bonchev–Trinajstić information content (AvgIpc) is 2.47. The van der Waals surface area contributed by atoms with Crippen LogP contribution in [0.5, 0.6) is 5.75 Å². The van der Waals surface area contributed by atoms with Gasteiger partial charge in [0, 0.05) is 18.6 Å². The summed E-state index contributed by atoms with van der Waals surface area (Å²) >= 11 is 1.33. The van der Waals surface area contributed by atoms with Crippen LogP contribution in [0.2, 0.25) is 0 Å². The molecule has 0 fully saturated rings. The van der Waals surface area contributed by atoms with Crippen molar-refractivity contribution in [3.8, 4) is 5.75 Å². The second-order valence-electron chi connectivity index (χ2n) is 4.84. The summed E-state index contributed by atoms with van der Waals surface area (Å²) in [6.07, 6.45) is 0.650. The van der Waals surface area contributed by atoms with Gasteiger partial charge >= 0.3 is 0 Å². The third-order valence-electron chi connectivity index (χ3n) is 3.22. The van der Waals surface area contributed by atoms with Crippen molar-refractivity contribution in [2.45, 2.75) is 19.3 Å². The molecular formula is C15H15F4NO2S. The van der Waals surface area contributed by atoms with Crippen molar-refractivity contribution in [2.75, 3.05) is 18.7 Å². The second kappa shape index (κ2) is 7.72. The molecule has 1 aromatic carbocycles. The summed E-state index contributed by atoms with van der Waals surface area (Å²) in [6, 6.07) is 1.96. The van der Waals surface area contributed by atoms with Crippen LogP contribution in [0, 0.1) is 11.6 Å². The Kier molecular flexibility index (Phi) is 5.92. The highest BCUT2D eigenvalue weighted by Crippen LogP contribution is 2.32. The van der Waals surface area contributed by atoms with Gasteiger partial charge in [0.1, 0.15) is 23.3 Å². The molecule has 0 atom stereocenters. The van der Waals surface area contributed by atoms with E-state index < -0.39 is 36.1 Å². The molecule has 23 heavy (non-hydrogen) atoms. The molecule has 0 bridgehead atoms. The van der Waals surface area contributed by atoms with Gasteiger partial charge in [0.2, 0.25) is 5.91 Å². The van der Waals surface area contributed by atoms with Crippen molar-refractivity contribution in [1.29, 1.82) is 0 Å². The van der Waals surface area contributed by atoms with E-state index in [1.54, 1.807) is 6.26 Å². The van der Waals surface area contributed by atoms with Gasteiger partial charge in [-0.05, 0) is 12.7 Å². The van der Waals surface area contributed by atoms with E-state index in [1.807, 2.05) is 0 Å². The van der Waals surface area contributed by atoms with Crippen molar-refractivity contribution < 1.29 is 27.1 Å². The van der Waals surface area contributed by atoms with Gasteiger partial charge in [-0.25, -0.2) is 17.6 Å². The van der Waals surface area contributed by atoms with Crippen LogP contribution >= 0.6 is 11.8 Å². The highest BCUT2D eigenvalue weighted by molar-refractivity contribution is 7.98. The number of alkyl halides is 2. The van der Waals surface area contributed by atoms with Gasteiger partial charge < -0.3 is 9.64 Å². The lowest BCUT2D eigenvalue weighted by molar-refractivity contribution is -0.129. The number of carbonyl (C=O) groups is 1. The van der Waals surface area contributed by atoms with Crippen LogP contribution in [-0.4, -0.2) is 36.0 Å². The van der Waals surface area contributed by atoms with Crippen molar-refractivity contribution in [3.63, 3.8) is 0 Å². The number of ether oxygens (including phenoxy) is 1. The lowest BCUT2D eigenvalue weighted by Crippen LogP contribution is -2.36. The summed E-state index contributed by atoms with van der Waals surface area (Å²) in [4.78, 5) is 12.6. The Morgan fingerprint density at radius 1 is 1.30 bits per heavy atom. The minimum Gasteiger partial charge on any atom is -0.483 e. The van der Waals surface area contributed by atoms with Crippen molar-refractivity contribution >= 4 is 23.4 Å². The zero-order valence-electron chi connectivity index (χ0n) is 12.3. The SMILES string of the molecule is CSCOc1cc(F)c(C2=CCCC(=O)N2CC(F)F)c(F)c1. The van der Waals surface area contributed by atoms with Crippen LogP contribution < -0.4 is 4.74 Å². The molecule has 8 heteroatoms. The van der Waals surface area contributed by atoms with Crippen LogP contribution in [0.25, 0.3) is 5.70 Å². The van der Waals surface area contributed by atoms with Crippen molar-refractivity contribution in [3.05, 3.63) is 35.4 Å². The van der Waals surface area contributed by atoms with E-state index in [-0.39, 0.29) is 30.2 Å². The Morgan fingerprint density at radius 3 is 2.52 bits per heavy atom. The molecule has 1 amide bonds. The number of hydrogen-bond donors (Lipinski definition) is 0. The van der Waals surface area contributed by atoms with Gasteiger partial charge in [0.05, 0.1) is 17.8 Å². The molecule has 0 N–H and O–H groups in total. The van der Waals surface area contributed by atoms with E-state index in [1.165, 1.54) is 17.8 Å². The molecule has 0 radical (unpaired) electrons. The molecular weight excluding hydrogens is 334 g/mol. The topological polar surface area (TPSA) is 29.5 Å². The number of nitrogens with zero attached hydrogens (tertiary/aromatic N) is 1. The largest absolute Gasteiger partial charge is 0.483 e. The number of hydrogen-bond acceptors (Lipinski definition) is 3. The Labute approximate surface area is 135 Å². The van der Waals surface area contributed by atoms with E-state index >= 15 is 0 Å². The lowest BCUT2D eigenvalue weighted by atomic mass is 10.0. The first-order valence-corrected chi connectivity index (χ1v) is 8.23. The first-order valence-electron chi connectivity index (χ1n) is 6.84. The zero-order chi connectivity index (χ0) is 17.0. The normalized spacial score (nSPS) is 15.1. The van der Waals surface area contributed by atoms with Gasteiger partial charge in [-0.1, -0.05) is 6.08 Å². The maximum absolute atomic E-state index is 14.3. The molecule has 1 heterocycles. The van der Waals surface area contributed by atoms with Gasteiger partial charge in [0.15, 0.2) is 0 Å². The Balaban J connectivity index is 2.39. The molecule has 0 aromatic heterocycles. The molecule has 1 aliphatic heterocycles. The summed E-state index contributed by atoms with van der Waals surface area (Å²) < 4.78 is 59.0. The molecule has 1 aromatic rings. The molecule has 0 saturated heterocycles. The summed E-state index contributed by atoms with van der Waals surface area (Å²) in [6.45, 7) is -0.895. The van der Waals surface area contributed by atoms with Crippen molar-refractivity contribution in [1.82, 2.24) is 4.90 Å². The summed E-state index contributed by atoms with van der Waals surface area (Å²) in [7, 11) is 0. The molecule has 0 unspecified atom stereocenters. The number of rotatable bonds is 6. The molecule has 0 saturated carbocycles. The number of amides is 1. The maximum atomic E-state index is 14.3. The van der Waals surface area contributed by atoms with Gasteiger partial charge in [-0.2, -0.15) is 0 Å². The molecule has 0 aliphatic carbocycles. The van der Waals surface area contributed by atoms with Gasteiger partial charge in [0.25, 0.3) is 6.43 Å². The Bertz CT molecular complexity index is 598. The number of allylic oxidation sites excluding steroid dienone is 1. The van der Waals surface area contributed by atoms with E-state index in [4.69, 9.17) is 4.74 Å². The third kappa shape index (κ3) is 4.19. The maximum Gasteiger partial charge on any atom is 0.256 e. The molecule has 1 aliphatic rings. The fraction of sp³-hybridized carbons (Fsp3) is 0.400. The Hall–Kier alpha value is -1.70. The van der Waals surface area contributed by atoms with Crippen LogP contribution in [-0.2, 0) is 4.79 Å². The zero-order valence-corrected chi connectivity index (χ0v) is 13.1. The second-order valence-corrected chi connectivity index (χ2v) is 5.65. The highest BCUT2D eigenvalue weighted by Gasteiger charge is 2.29. The van der Waals surface area contributed by atoms with Gasteiger partial charge in [-0.15, -0.1) is 11.8 Å². The predicted octanol–water partition coefficient (Wildman–Crippen LogP) is 3.89. The van der Waals surface area contributed by atoms with Gasteiger partial charge in [-0.3, -0.25) is 4.79 Å². The van der Waals surface area contributed by atoms with E-state index in [0.717, 1.165) is 17.0 Å². The number of carbonyl (C=O) groups excluding carboxylic acids is 1. The monoisotopic (exact) mass is 349 g/mol. The van der Waals surface area contributed by atoms with Crippen LogP contribution in [0.3, 0.4) is 0 Å². The minimum absolute atomic E-state index is 0.00115. The molecule has 2 rings (SSSR count). The lowest BCUT2D eigenvalue weighted by Gasteiger charge is -2.29. The Morgan fingerprint density at radius 2 is 1.96 bits per heavy atom. The minimum atomic E-state index is -2.80. The van der Waals surface area contributed by atoms with Crippen LogP contribution in [0.1, 0.15) is 18.4 Å². The fourth-order valence-corrected chi connectivity index (χ4v) is 2.55.